The molecule has 0 N–H and O–H groups in total. The SMILES string of the molecule is COc1ccc(C(OC(C)COC(=O)OCC2c3ccccc3-c3ccccc32)(c2ccccc2)c2ccc(OC)cc2)cc1. The number of benzene rings is 5. The third-order valence-corrected chi connectivity index (χ3v) is 8.32. The van der Waals surface area contributed by atoms with Gasteiger partial charge in [-0.25, -0.2) is 4.79 Å². The molecule has 0 aliphatic heterocycles. The second-order valence-electron chi connectivity index (χ2n) is 11.0. The van der Waals surface area contributed by atoms with Gasteiger partial charge in [0.15, 0.2) is 0 Å². The first kappa shape index (κ1) is 30.0. The van der Waals surface area contributed by atoms with Crippen LogP contribution in [-0.4, -0.2) is 39.7 Å². The molecule has 0 saturated heterocycles. The Morgan fingerprint density at radius 2 is 1.09 bits per heavy atom. The second kappa shape index (κ2) is 13.3. The maximum atomic E-state index is 12.9. The van der Waals surface area contributed by atoms with E-state index in [4.69, 9.17) is 23.7 Å². The van der Waals surface area contributed by atoms with Crippen molar-refractivity contribution in [1.82, 2.24) is 0 Å². The summed E-state index contributed by atoms with van der Waals surface area (Å²) in [6.07, 6.45) is -1.23. The molecule has 1 aliphatic carbocycles. The fourth-order valence-corrected chi connectivity index (χ4v) is 6.18. The van der Waals surface area contributed by atoms with E-state index in [0.717, 1.165) is 39.3 Å². The molecule has 5 aromatic rings. The number of fused-ring (bicyclic) bond motifs is 3. The van der Waals surface area contributed by atoms with Gasteiger partial charge in [0.25, 0.3) is 0 Å². The summed E-state index contributed by atoms with van der Waals surface area (Å²) in [7, 11) is 3.28. The lowest BCUT2D eigenvalue weighted by Crippen LogP contribution is -2.38. The van der Waals surface area contributed by atoms with Crippen LogP contribution >= 0.6 is 0 Å². The van der Waals surface area contributed by atoms with Crippen molar-refractivity contribution in [2.24, 2.45) is 0 Å². The van der Waals surface area contributed by atoms with E-state index < -0.39 is 17.9 Å². The fourth-order valence-electron chi connectivity index (χ4n) is 6.18. The van der Waals surface area contributed by atoms with E-state index in [2.05, 4.69) is 24.3 Å². The highest BCUT2D eigenvalue weighted by Crippen LogP contribution is 2.45. The highest BCUT2D eigenvalue weighted by atomic mass is 16.7. The molecule has 0 bridgehead atoms. The Labute approximate surface area is 264 Å². The van der Waals surface area contributed by atoms with Gasteiger partial charge in [-0.1, -0.05) is 103 Å². The molecule has 45 heavy (non-hydrogen) atoms. The molecule has 0 spiro atoms. The number of methoxy groups -OCH3 is 2. The average molecular weight is 601 g/mol. The molecule has 1 atom stereocenters. The minimum atomic E-state index is -1.02. The molecule has 1 unspecified atom stereocenters. The highest BCUT2D eigenvalue weighted by Gasteiger charge is 2.39. The Morgan fingerprint density at radius 1 is 0.622 bits per heavy atom. The van der Waals surface area contributed by atoms with Crippen LogP contribution in [0.5, 0.6) is 11.5 Å². The van der Waals surface area contributed by atoms with Gasteiger partial charge < -0.3 is 23.7 Å². The van der Waals surface area contributed by atoms with Crippen molar-refractivity contribution in [3.05, 3.63) is 155 Å². The first-order valence-electron chi connectivity index (χ1n) is 15.0. The Bertz CT molecular complexity index is 1640. The minimum absolute atomic E-state index is 0.00241. The molecule has 6 heteroatoms. The predicted molar refractivity (Wildman–Crippen MR) is 174 cm³/mol. The van der Waals surface area contributed by atoms with Crippen molar-refractivity contribution in [3.63, 3.8) is 0 Å². The second-order valence-corrected chi connectivity index (χ2v) is 11.0. The number of hydrogen-bond donors (Lipinski definition) is 0. The molecule has 0 aromatic heterocycles. The van der Waals surface area contributed by atoms with Gasteiger partial charge in [-0.3, -0.25) is 0 Å². The minimum Gasteiger partial charge on any atom is -0.497 e. The van der Waals surface area contributed by atoms with Gasteiger partial charge in [0.2, 0.25) is 0 Å². The van der Waals surface area contributed by atoms with Gasteiger partial charge >= 0.3 is 6.16 Å². The summed E-state index contributed by atoms with van der Waals surface area (Å²) in [6, 6.07) is 42.1. The third kappa shape index (κ3) is 6.02. The first-order valence-corrected chi connectivity index (χ1v) is 15.0. The van der Waals surface area contributed by atoms with Crippen LogP contribution in [0, 0.1) is 0 Å². The molecule has 0 saturated carbocycles. The Kier molecular flexibility index (Phi) is 8.85. The zero-order valence-electron chi connectivity index (χ0n) is 25.6. The highest BCUT2D eigenvalue weighted by molar-refractivity contribution is 5.79. The number of carbonyl (C=O) groups is 1. The van der Waals surface area contributed by atoms with E-state index in [1.165, 1.54) is 11.1 Å². The molecule has 0 heterocycles. The standard InChI is InChI=1S/C39H36O6/c1-27(25-43-38(40)44-26-37-35-15-9-7-13-33(35)34-14-8-10-16-36(34)37)45-39(28-11-5-4-6-12-28,29-17-21-31(41-2)22-18-29)30-19-23-32(42-3)24-20-30/h4-24,27,37H,25-26H2,1-3H3. The number of ether oxygens (including phenoxy) is 5. The van der Waals surface area contributed by atoms with Crippen LogP contribution in [0.25, 0.3) is 11.1 Å². The lowest BCUT2D eigenvalue weighted by Gasteiger charge is -2.38. The van der Waals surface area contributed by atoms with Crippen molar-refractivity contribution in [1.29, 1.82) is 0 Å². The van der Waals surface area contributed by atoms with Crippen molar-refractivity contribution < 1.29 is 28.5 Å². The fraction of sp³-hybridized carbons (Fsp3) is 0.205. The summed E-state index contributed by atoms with van der Waals surface area (Å²) in [5.74, 6) is 1.43. The van der Waals surface area contributed by atoms with Gasteiger partial charge in [0, 0.05) is 5.92 Å². The van der Waals surface area contributed by atoms with E-state index in [1.807, 2.05) is 110 Å². The topological polar surface area (TPSA) is 63.2 Å². The lowest BCUT2D eigenvalue weighted by molar-refractivity contribution is -0.0704. The molecule has 6 nitrogen and oxygen atoms in total. The van der Waals surface area contributed by atoms with Crippen LogP contribution in [0.2, 0.25) is 0 Å². The maximum Gasteiger partial charge on any atom is 0.508 e. The predicted octanol–water partition coefficient (Wildman–Crippen LogP) is 8.37. The van der Waals surface area contributed by atoms with Gasteiger partial charge in [-0.15, -0.1) is 0 Å². The molecule has 0 radical (unpaired) electrons. The molecular formula is C39H36O6. The van der Waals surface area contributed by atoms with E-state index in [9.17, 15) is 4.79 Å². The first-order chi connectivity index (χ1) is 22.0. The van der Waals surface area contributed by atoms with Gasteiger partial charge in [-0.05, 0) is 70.1 Å². The van der Waals surface area contributed by atoms with Crippen molar-refractivity contribution in [2.45, 2.75) is 24.5 Å². The summed E-state index contributed by atoms with van der Waals surface area (Å²) in [5, 5.41) is 0. The summed E-state index contributed by atoms with van der Waals surface area (Å²) >= 11 is 0. The lowest BCUT2D eigenvalue weighted by atomic mass is 9.79. The summed E-state index contributed by atoms with van der Waals surface area (Å²) in [4.78, 5) is 12.9. The van der Waals surface area contributed by atoms with Crippen molar-refractivity contribution in [3.8, 4) is 22.6 Å². The van der Waals surface area contributed by atoms with E-state index in [1.54, 1.807) is 14.2 Å². The van der Waals surface area contributed by atoms with E-state index in [-0.39, 0.29) is 19.1 Å². The Balaban J connectivity index is 1.22. The van der Waals surface area contributed by atoms with Gasteiger partial charge in [0.1, 0.15) is 30.3 Å². The van der Waals surface area contributed by atoms with Crippen LogP contribution in [0.3, 0.4) is 0 Å². The molecule has 5 aromatic carbocycles. The van der Waals surface area contributed by atoms with Crippen molar-refractivity contribution >= 4 is 6.16 Å². The molecule has 6 rings (SSSR count). The number of rotatable bonds is 11. The van der Waals surface area contributed by atoms with Gasteiger partial charge in [0.05, 0.1) is 20.3 Å². The monoisotopic (exact) mass is 600 g/mol. The molecule has 228 valence electrons. The summed E-state index contributed by atoms with van der Waals surface area (Å²) < 4.78 is 29.1. The van der Waals surface area contributed by atoms with Crippen LogP contribution in [0.15, 0.2) is 127 Å². The summed E-state index contributed by atoms with van der Waals surface area (Å²) in [5.41, 5.74) is 6.33. The average Bonchev–Trinajstić information content (AvgIpc) is 3.42. The van der Waals surface area contributed by atoms with Crippen LogP contribution < -0.4 is 9.47 Å². The zero-order chi connectivity index (χ0) is 31.2. The van der Waals surface area contributed by atoms with E-state index >= 15 is 0 Å². The smallest absolute Gasteiger partial charge is 0.497 e. The quantitative estimate of drug-likeness (QED) is 0.112. The molecular weight excluding hydrogens is 564 g/mol. The Morgan fingerprint density at radius 3 is 1.60 bits per heavy atom. The Hall–Kier alpha value is -5.07. The largest absolute Gasteiger partial charge is 0.508 e. The van der Waals surface area contributed by atoms with Crippen LogP contribution in [0.4, 0.5) is 4.79 Å². The van der Waals surface area contributed by atoms with Crippen molar-refractivity contribution in [2.75, 3.05) is 27.4 Å². The third-order valence-electron chi connectivity index (χ3n) is 8.32. The number of hydrogen-bond acceptors (Lipinski definition) is 6. The maximum absolute atomic E-state index is 12.9. The van der Waals surface area contributed by atoms with E-state index in [0.29, 0.717) is 0 Å². The summed E-state index contributed by atoms with van der Waals surface area (Å²) in [6.45, 7) is 2.08. The zero-order valence-corrected chi connectivity index (χ0v) is 25.6. The molecule has 0 amide bonds. The van der Waals surface area contributed by atoms with Crippen LogP contribution in [0.1, 0.15) is 40.7 Å². The molecule has 1 aliphatic rings. The molecule has 0 fully saturated rings. The normalized spacial score (nSPS) is 13.0. The number of carbonyl (C=O) groups excluding carboxylic acids is 1. The van der Waals surface area contributed by atoms with Gasteiger partial charge in [-0.2, -0.15) is 0 Å². The van der Waals surface area contributed by atoms with Crippen LogP contribution in [-0.2, 0) is 19.8 Å².